The van der Waals surface area contributed by atoms with Crippen LogP contribution in [0.5, 0.6) is 0 Å². The number of carbonyl (C=O) groups is 2. The van der Waals surface area contributed by atoms with Crippen LogP contribution in [0.1, 0.15) is 15.4 Å². The second-order valence-electron chi connectivity index (χ2n) is 4.75. The summed E-state index contributed by atoms with van der Waals surface area (Å²) in [5.74, 6) is -0.791. The van der Waals surface area contributed by atoms with Crippen molar-refractivity contribution in [1.82, 2.24) is 4.98 Å². The molecule has 1 aromatic heterocycles. The number of hydrogen-bond acceptors (Lipinski definition) is 5. The van der Waals surface area contributed by atoms with Gasteiger partial charge in [0.15, 0.2) is 12.4 Å². The van der Waals surface area contributed by atoms with Crippen LogP contribution in [0.4, 0.5) is 0 Å². The lowest BCUT2D eigenvalue weighted by atomic mass is 10.1. The largest absolute Gasteiger partial charge is 0.454 e. The van der Waals surface area contributed by atoms with E-state index in [2.05, 4.69) is 4.98 Å². The van der Waals surface area contributed by atoms with Gasteiger partial charge >= 0.3 is 5.97 Å². The zero-order valence-electron chi connectivity index (χ0n) is 12.1. The topological polar surface area (TPSA) is 56.3 Å². The number of aromatic nitrogens is 1. The van der Waals surface area contributed by atoms with E-state index in [1.807, 2.05) is 30.3 Å². The normalized spacial score (nSPS) is 11.0. The molecule has 0 spiro atoms. The Kier molecular flexibility index (Phi) is 4.59. The Morgan fingerprint density at radius 3 is 2.57 bits per heavy atom. The Balaban J connectivity index is 1.57. The molecular weight excluding hydrogens is 310 g/mol. The summed E-state index contributed by atoms with van der Waals surface area (Å²) in [6, 6.07) is 16.5. The van der Waals surface area contributed by atoms with Crippen LogP contribution in [0.3, 0.4) is 0 Å². The van der Waals surface area contributed by atoms with Crippen molar-refractivity contribution in [2.45, 2.75) is 0 Å². The molecule has 5 heteroatoms. The first-order valence-electron chi connectivity index (χ1n) is 7.01. The number of rotatable bonds is 5. The van der Waals surface area contributed by atoms with E-state index in [-0.39, 0.29) is 12.4 Å². The predicted octanol–water partition coefficient (Wildman–Crippen LogP) is 3.74. The minimum Gasteiger partial charge on any atom is -0.454 e. The average Bonchev–Trinajstić information content (AvgIpc) is 3.01. The van der Waals surface area contributed by atoms with Crippen LogP contribution in [0, 0.1) is 0 Å². The van der Waals surface area contributed by atoms with Crippen LogP contribution in [0.15, 0.2) is 60.7 Å². The van der Waals surface area contributed by atoms with Crippen LogP contribution >= 0.6 is 11.3 Å². The van der Waals surface area contributed by atoms with Gasteiger partial charge in [0.05, 0.1) is 10.2 Å². The summed E-state index contributed by atoms with van der Waals surface area (Å²) in [4.78, 5) is 27.9. The third-order valence-electron chi connectivity index (χ3n) is 3.11. The minimum atomic E-state index is -0.562. The SMILES string of the molecule is O=C(C=Cc1nc2ccccc2s1)OCC(=O)c1ccccc1. The zero-order valence-corrected chi connectivity index (χ0v) is 13.0. The molecule has 0 fully saturated rings. The summed E-state index contributed by atoms with van der Waals surface area (Å²) >= 11 is 1.49. The van der Waals surface area contributed by atoms with Gasteiger partial charge in [0, 0.05) is 11.6 Å². The van der Waals surface area contributed by atoms with E-state index >= 15 is 0 Å². The van der Waals surface area contributed by atoms with E-state index in [9.17, 15) is 9.59 Å². The number of esters is 1. The third-order valence-corrected chi connectivity index (χ3v) is 4.12. The van der Waals surface area contributed by atoms with Gasteiger partial charge in [-0.2, -0.15) is 0 Å². The van der Waals surface area contributed by atoms with Crippen LogP contribution in [0.25, 0.3) is 16.3 Å². The van der Waals surface area contributed by atoms with Gasteiger partial charge in [-0.1, -0.05) is 42.5 Å². The summed E-state index contributed by atoms with van der Waals surface area (Å²) in [7, 11) is 0. The fourth-order valence-corrected chi connectivity index (χ4v) is 2.86. The highest BCUT2D eigenvalue weighted by atomic mass is 32.1. The molecule has 2 aromatic carbocycles. The molecule has 4 nitrogen and oxygen atoms in total. The fraction of sp³-hybridized carbons (Fsp3) is 0.0556. The number of para-hydroxylation sites is 1. The molecular formula is C18H13NO3S. The molecule has 0 aliphatic carbocycles. The first kappa shape index (κ1) is 15.1. The van der Waals surface area contributed by atoms with Crippen molar-refractivity contribution in [3.8, 4) is 0 Å². The molecule has 0 N–H and O–H groups in total. The van der Waals surface area contributed by atoms with Gasteiger partial charge < -0.3 is 4.74 Å². The molecule has 0 amide bonds. The molecule has 114 valence electrons. The molecule has 0 aliphatic rings. The van der Waals surface area contributed by atoms with Crippen LogP contribution in [-0.4, -0.2) is 23.3 Å². The fourth-order valence-electron chi connectivity index (χ4n) is 1.99. The second-order valence-corrected chi connectivity index (χ2v) is 5.81. The summed E-state index contributed by atoms with van der Waals surface area (Å²) in [5.41, 5.74) is 1.42. The van der Waals surface area contributed by atoms with E-state index in [1.54, 1.807) is 30.3 Å². The Morgan fingerprint density at radius 2 is 1.78 bits per heavy atom. The van der Waals surface area contributed by atoms with Crippen LogP contribution in [-0.2, 0) is 9.53 Å². The van der Waals surface area contributed by atoms with Crippen molar-refractivity contribution < 1.29 is 14.3 Å². The van der Waals surface area contributed by atoms with Gasteiger partial charge in [0.25, 0.3) is 0 Å². The van der Waals surface area contributed by atoms with E-state index in [4.69, 9.17) is 4.74 Å². The maximum Gasteiger partial charge on any atom is 0.331 e. The number of ketones is 1. The number of nitrogens with zero attached hydrogens (tertiary/aromatic N) is 1. The number of fused-ring (bicyclic) bond motifs is 1. The quantitative estimate of drug-likeness (QED) is 0.408. The number of carbonyl (C=O) groups excluding carboxylic acids is 2. The van der Waals surface area contributed by atoms with Gasteiger partial charge in [-0.15, -0.1) is 11.3 Å². The van der Waals surface area contributed by atoms with Crippen molar-refractivity contribution in [1.29, 1.82) is 0 Å². The highest BCUT2D eigenvalue weighted by Crippen LogP contribution is 2.22. The van der Waals surface area contributed by atoms with E-state index < -0.39 is 5.97 Å². The Labute approximate surface area is 137 Å². The van der Waals surface area contributed by atoms with Crippen molar-refractivity contribution in [3.05, 3.63) is 71.2 Å². The maximum atomic E-state index is 11.8. The molecule has 23 heavy (non-hydrogen) atoms. The van der Waals surface area contributed by atoms with Crippen LogP contribution < -0.4 is 0 Å². The molecule has 3 rings (SSSR count). The minimum absolute atomic E-state index is 0.229. The Hall–Kier alpha value is -2.79. The van der Waals surface area contributed by atoms with Gasteiger partial charge in [-0.3, -0.25) is 4.79 Å². The number of hydrogen-bond donors (Lipinski definition) is 0. The van der Waals surface area contributed by atoms with Crippen molar-refractivity contribution in [2.75, 3.05) is 6.61 Å². The first-order valence-corrected chi connectivity index (χ1v) is 7.83. The molecule has 1 heterocycles. The zero-order chi connectivity index (χ0) is 16.1. The number of benzene rings is 2. The highest BCUT2D eigenvalue weighted by molar-refractivity contribution is 7.19. The first-order chi connectivity index (χ1) is 11.2. The second kappa shape index (κ2) is 6.98. The summed E-state index contributed by atoms with van der Waals surface area (Å²) in [6.07, 6.45) is 2.88. The third kappa shape index (κ3) is 3.90. The molecule has 0 unspecified atom stereocenters. The van der Waals surface area contributed by atoms with Gasteiger partial charge in [-0.05, 0) is 18.2 Å². The monoisotopic (exact) mass is 323 g/mol. The highest BCUT2D eigenvalue weighted by Gasteiger charge is 2.08. The molecule has 0 saturated carbocycles. The number of thiazole rings is 1. The summed E-state index contributed by atoms with van der Waals surface area (Å²) in [6.45, 7) is -0.271. The molecule has 0 saturated heterocycles. The standard InChI is InChI=1S/C18H13NO3S/c20-15(13-6-2-1-3-7-13)12-22-18(21)11-10-17-19-14-8-4-5-9-16(14)23-17/h1-11H,12H2. The van der Waals surface area contributed by atoms with Gasteiger partial charge in [-0.25, -0.2) is 9.78 Å². The Morgan fingerprint density at radius 1 is 1.04 bits per heavy atom. The molecule has 0 bridgehead atoms. The van der Waals surface area contributed by atoms with E-state index in [0.717, 1.165) is 15.2 Å². The number of Topliss-reactive ketones (excluding diaryl/α,β-unsaturated/α-hetero) is 1. The van der Waals surface area contributed by atoms with Gasteiger partial charge in [0.1, 0.15) is 5.01 Å². The molecule has 0 atom stereocenters. The van der Waals surface area contributed by atoms with E-state index in [1.165, 1.54) is 17.4 Å². The van der Waals surface area contributed by atoms with Crippen molar-refractivity contribution >= 4 is 39.4 Å². The molecule has 0 radical (unpaired) electrons. The predicted molar refractivity (Wildman–Crippen MR) is 90.4 cm³/mol. The smallest absolute Gasteiger partial charge is 0.331 e. The molecule has 0 aliphatic heterocycles. The molecule has 3 aromatic rings. The van der Waals surface area contributed by atoms with E-state index in [0.29, 0.717) is 5.56 Å². The lowest BCUT2D eigenvalue weighted by molar-refractivity contribution is -0.136. The summed E-state index contributed by atoms with van der Waals surface area (Å²) < 4.78 is 6.01. The lowest BCUT2D eigenvalue weighted by Crippen LogP contribution is -2.12. The maximum absolute atomic E-state index is 11.8. The summed E-state index contributed by atoms with van der Waals surface area (Å²) in [5, 5.41) is 0.720. The lowest BCUT2D eigenvalue weighted by Gasteiger charge is -2.01. The Bertz CT molecular complexity index is 835. The average molecular weight is 323 g/mol. The van der Waals surface area contributed by atoms with Crippen molar-refractivity contribution in [3.63, 3.8) is 0 Å². The van der Waals surface area contributed by atoms with Crippen molar-refractivity contribution in [2.24, 2.45) is 0 Å². The van der Waals surface area contributed by atoms with Crippen LogP contribution in [0.2, 0.25) is 0 Å². The van der Waals surface area contributed by atoms with Gasteiger partial charge in [0.2, 0.25) is 0 Å². The number of ether oxygens (including phenoxy) is 1.